The van der Waals surface area contributed by atoms with Crippen LogP contribution in [0.15, 0.2) is 206 Å². The normalized spacial score (nSPS) is 11.3. The van der Waals surface area contributed by atoms with Gasteiger partial charge in [-0.25, -0.2) is 9.97 Å². The van der Waals surface area contributed by atoms with E-state index in [9.17, 15) is 0 Å². The van der Waals surface area contributed by atoms with Crippen LogP contribution in [0.4, 0.5) is 0 Å². The van der Waals surface area contributed by atoms with Gasteiger partial charge in [0.2, 0.25) is 0 Å². The first-order valence-electron chi connectivity index (χ1n) is 18.4. The Hall–Kier alpha value is -7.16. The van der Waals surface area contributed by atoms with Crippen LogP contribution in [0, 0.1) is 0 Å². The van der Waals surface area contributed by atoms with Crippen molar-refractivity contribution in [3.63, 3.8) is 0 Å². The van der Waals surface area contributed by atoms with E-state index in [1.165, 1.54) is 60.1 Å². The molecule has 54 heavy (non-hydrogen) atoms. The Labute approximate surface area is 314 Å². The summed E-state index contributed by atoms with van der Waals surface area (Å²) in [5.41, 5.74) is 12.1. The summed E-state index contributed by atoms with van der Waals surface area (Å²) in [5.74, 6) is 0.695. The van der Waals surface area contributed by atoms with Crippen LogP contribution in [0.1, 0.15) is 0 Å². The molecule has 0 aliphatic rings. The molecule has 2 heteroatoms. The van der Waals surface area contributed by atoms with E-state index in [4.69, 9.17) is 9.97 Å². The van der Waals surface area contributed by atoms with Crippen LogP contribution in [0.25, 0.3) is 99.6 Å². The van der Waals surface area contributed by atoms with E-state index in [0.29, 0.717) is 5.82 Å². The highest BCUT2D eigenvalue weighted by molar-refractivity contribution is 6.21. The van der Waals surface area contributed by atoms with Gasteiger partial charge in [-0.1, -0.05) is 194 Å². The van der Waals surface area contributed by atoms with Gasteiger partial charge in [-0.15, -0.1) is 0 Å². The second kappa shape index (κ2) is 13.4. The lowest BCUT2D eigenvalue weighted by molar-refractivity contribution is 1.18. The molecule has 0 aliphatic heterocycles. The lowest BCUT2D eigenvalue weighted by Crippen LogP contribution is -1.96. The summed E-state index contributed by atoms with van der Waals surface area (Å²) in [4.78, 5) is 10.5. The van der Waals surface area contributed by atoms with Gasteiger partial charge in [0.05, 0.1) is 11.4 Å². The van der Waals surface area contributed by atoms with Crippen molar-refractivity contribution in [2.45, 2.75) is 0 Å². The van der Waals surface area contributed by atoms with Gasteiger partial charge in [-0.3, -0.25) is 0 Å². The van der Waals surface area contributed by atoms with Gasteiger partial charge < -0.3 is 0 Å². The topological polar surface area (TPSA) is 25.8 Å². The second-order valence-corrected chi connectivity index (χ2v) is 13.7. The largest absolute Gasteiger partial charge is 0.228 e. The minimum atomic E-state index is 0.695. The Morgan fingerprint density at radius 2 is 0.685 bits per heavy atom. The number of aromatic nitrogens is 2. The molecule has 0 unspecified atom stereocenters. The lowest BCUT2D eigenvalue weighted by atomic mass is 9.85. The average Bonchev–Trinajstić information content (AvgIpc) is 3.26. The van der Waals surface area contributed by atoms with Crippen molar-refractivity contribution in [3.8, 4) is 67.3 Å². The maximum atomic E-state index is 5.25. The van der Waals surface area contributed by atoms with E-state index in [-0.39, 0.29) is 0 Å². The fraction of sp³-hybridized carbons (Fsp3) is 0. The highest BCUT2D eigenvalue weighted by Crippen LogP contribution is 2.44. The zero-order valence-electron chi connectivity index (χ0n) is 29.5. The summed E-state index contributed by atoms with van der Waals surface area (Å²) in [6, 6.07) is 73.4. The summed E-state index contributed by atoms with van der Waals surface area (Å²) < 4.78 is 0. The van der Waals surface area contributed by atoms with Crippen LogP contribution in [0.3, 0.4) is 0 Å². The van der Waals surface area contributed by atoms with Crippen LogP contribution in [-0.2, 0) is 0 Å². The first-order chi connectivity index (χ1) is 26.8. The van der Waals surface area contributed by atoms with Gasteiger partial charge in [0.15, 0.2) is 5.82 Å². The molecular formula is C52H34N2. The van der Waals surface area contributed by atoms with Crippen molar-refractivity contribution in [2.24, 2.45) is 0 Å². The molecule has 0 spiro atoms. The van der Waals surface area contributed by atoms with Crippen molar-refractivity contribution >= 4 is 32.3 Å². The molecule has 10 rings (SSSR count). The second-order valence-electron chi connectivity index (χ2n) is 13.7. The number of hydrogen-bond donors (Lipinski definition) is 0. The number of benzene rings is 9. The van der Waals surface area contributed by atoms with E-state index in [1.54, 1.807) is 0 Å². The van der Waals surface area contributed by atoms with Gasteiger partial charge in [-0.2, -0.15) is 0 Å². The maximum Gasteiger partial charge on any atom is 0.160 e. The van der Waals surface area contributed by atoms with Crippen molar-refractivity contribution in [1.82, 2.24) is 9.97 Å². The molecule has 0 amide bonds. The first-order valence-corrected chi connectivity index (χ1v) is 18.4. The Kier molecular flexibility index (Phi) is 7.85. The highest BCUT2D eigenvalue weighted by atomic mass is 14.9. The molecule has 1 heterocycles. The summed E-state index contributed by atoms with van der Waals surface area (Å²) in [5, 5.41) is 7.40. The molecule has 0 aliphatic carbocycles. The van der Waals surface area contributed by atoms with Crippen LogP contribution in [0.5, 0.6) is 0 Å². The van der Waals surface area contributed by atoms with Gasteiger partial charge in [0, 0.05) is 16.7 Å². The van der Waals surface area contributed by atoms with Gasteiger partial charge in [-0.05, 0) is 77.8 Å². The van der Waals surface area contributed by atoms with Crippen molar-refractivity contribution < 1.29 is 0 Å². The third kappa shape index (κ3) is 5.62. The third-order valence-electron chi connectivity index (χ3n) is 10.5. The standard InChI is InChI=1S/C52H34N2/c1-3-16-37(17-4-1)48-34-49(38-31-29-36(30-32-38)43-28-14-20-35-15-7-8-23-42(35)43)54-52(53-48)41-22-13-21-40(33-41)51-46-26-11-9-24-44(46)50(39-18-5-2-6-19-39)45-25-10-12-27-47(45)51/h1-34H. The smallest absolute Gasteiger partial charge is 0.160 e. The SMILES string of the molecule is c1ccc(-c2cc(-c3ccc(-c4cccc5ccccc45)cc3)nc(-c3cccc(-c4c5ccccc5c(-c5ccccc5)c5ccccc45)c3)n2)cc1. The van der Waals surface area contributed by atoms with E-state index < -0.39 is 0 Å². The molecule has 0 fully saturated rings. The molecule has 9 aromatic carbocycles. The Morgan fingerprint density at radius 1 is 0.259 bits per heavy atom. The zero-order chi connectivity index (χ0) is 35.8. The number of rotatable bonds is 6. The van der Waals surface area contributed by atoms with Crippen molar-refractivity contribution in [3.05, 3.63) is 206 Å². The first kappa shape index (κ1) is 31.6. The number of nitrogens with zero attached hydrogens (tertiary/aromatic N) is 2. The molecule has 1 aromatic heterocycles. The van der Waals surface area contributed by atoms with Crippen LogP contribution < -0.4 is 0 Å². The molecule has 0 atom stereocenters. The Morgan fingerprint density at radius 3 is 1.31 bits per heavy atom. The van der Waals surface area contributed by atoms with Crippen molar-refractivity contribution in [1.29, 1.82) is 0 Å². The summed E-state index contributed by atoms with van der Waals surface area (Å²) in [6.07, 6.45) is 0. The van der Waals surface area contributed by atoms with E-state index >= 15 is 0 Å². The average molecular weight is 687 g/mol. The quantitative estimate of drug-likeness (QED) is 0.163. The Bertz CT molecular complexity index is 2900. The third-order valence-corrected chi connectivity index (χ3v) is 10.5. The minimum Gasteiger partial charge on any atom is -0.228 e. The van der Waals surface area contributed by atoms with E-state index in [2.05, 4.69) is 200 Å². The fourth-order valence-electron chi connectivity index (χ4n) is 7.95. The molecule has 0 N–H and O–H groups in total. The molecule has 0 radical (unpaired) electrons. The molecule has 0 saturated heterocycles. The highest BCUT2D eigenvalue weighted by Gasteiger charge is 2.18. The van der Waals surface area contributed by atoms with Crippen LogP contribution in [0.2, 0.25) is 0 Å². The maximum absolute atomic E-state index is 5.25. The number of hydrogen-bond acceptors (Lipinski definition) is 2. The summed E-state index contributed by atoms with van der Waals surface area (Å²) in [6.45, 7) is 0. The predicted molar refractivity (Wildman–Crippen MR) is 227 cm³/mol. The summed E-state index contributed by atoms with van der Waals surface area (Å²) in [7, 11) is 0. The van der Waals surface area contributed by atoms with Gasteiger partial charge in [0.1, 0.15) is 0 Å². The monoisotopic (exact) mass is 686 g/mol. The fourth-order valence-corrected chi connectivity index (χ4v) is 7.95. The molecule has 0 saturated carbocycles. The zero-order valence-corrected chi connectivity index (χ0v) is 29.5. The molecule has 10 aromatic rings. The predicted octanol–water partition coefficient (Wildman–Crippen LogP) is 13.9. The van der Waals surface area contributed by atoms with Crippen LogP contribution in [-0.4, -0.2) is 9.97 Å². The molecule has 2 nitrogen and oxygen atoms in total. The van der Waals surface area contributed by atoms with E-state index in [1.807, 2.05) is 6.07 Å². The number of fused-ring (bicyclic) bond motifs is 3. The molecule has 252 valence electrons. The molecule has 0 bridgehead atoms. The summed E-state index contributed by atoms with van der Waals surface area (Å²) >= 11 is 0. The minimum absolute atomic E-state index is 0.695. The van der Waals surface area contributed by atoms with Gasteiger partial charge >= 0.3 is 0 Å². The van der Waals surface area contributed by atoms with Crippen molar-refractivity contribution in [2.75, 3.05) is 0 Å². The Balaban J connectivity index is 1.12. The van der Waals surface area contributed by atoms with E-state index in [0.717, 1.165) is 33.6 Å². The molecular weight excluding hydrogens is 653 g/mol. The van der Waals surface area contributed by atoms with Gasteiger partial charge in [0.25, 0.3) is 0 Å². The van der Waals surface area contributed by atoms with Crippen LogP contribution >= 0.6 is 0 Å². The lowest BCUT2D eigenvalue weighted by Gasteiger charge is -2.18.